The fourth-order valence-electron chi connectivity index (χ4n) is 0.854. The number of nitrogens with zero attached hydrogens (tertiary/aromatic N) is 2. The largest absolute Gasteiger partial charge is 0.331 e. The second-order valence-corrected chi connectivity index (χ2v) is 3.07. The van der Waals surface area contributed by atoms with Crippen molar-refractivity contribution in [2.75, 3.05) is 19.4 Å². The van der Waals surface area contributed by atoms with Crippen molar-refractivity contribution in [2.24, 2.45) is 5.73 Å². The molecule has 0 saturated heterocycles. The van der Waals surface area contributed by atoms with E-state index in [0.717, 1.165) is 5.69 Å². The number of hydrogen-bond donors (Lipinski definition) is 2. The highest BCUT2D eigenvalue weighted by atomic mass is 16.2. The van der Waals surface area contributed by atoms with Crippen LogP contribution in [0.25, 0.3) is 0 Å². The molecule has 0 saturated carbocycles. The zero-order chi connectivity index (χ0) is 10.6. The fraction of sp³-hybridized carbons (Fsp3) is 0.333. The van der Waals surface area contributed by atoms with E-state index in [1.54, 1.807) is 32.4 Å². The molecule has 0 aromatic carbocycles. The summed E-state index contributed by atoms with van der Waals surface area (Å²) in [6, 6.07) is 3.38. The van der Waals surface area contributed by atoms with Crippen molar-refractivity contribution in [1.82, 2.24) is 9.88 Å². The molecule has 3 N–H and O–H groups in total. The third kappa shape index (κ3) is 2.70. The van der Waals surface area contributed by atoms with E-state index < -0.39 is 0 Å². The van der Waals surface area contributed by atoms with Crippen LogP contribution in [0, 0.1) is 0 Å². The van der Waals surface area contributed by atoms with Gasteiger partial charge in [0.1, 0.15) is 0 Å². The Balaban J connectivity index is 2.64. The smallest absolute Gasteiger partial charge is 0.321 e. The average Bonchev–Trinajstić information content (AvgIpc) is 2.19. The number of amides is 2. The van der Waals surface area contributed by atoms with Crippen LogP contribution >= 0.6 is 0 Å². The lowest BCUT2D eigenvalue weighted by atomic mass is 10.3. The van der Waals surface area contributed by atoms with Crippen molar-refractivity contribution in [3.8, 4) is 0 Å². The van der Waals surface area contributed by atoms with E-state index in [1.165, 1.54) is 4.90 Å². The minimum atomic E-state index is -0.174. The molecule has 0 aliphatic carbocycles. The second kappa shape index (κ2) is 4.57. The number of carbonyl (C=O) groups excluding carboxylic acids is 1. The van der Waals surface area contributed by atoms with Gasteiger partial charge >= 0.3 is 6.03 Å². The number of anilines is 1. The van der Waals surface area contributed by atoms with Gasteiger partial charge in [0.2, 0.25) is 0 Å². The third-order valence-corrected chi connectivity index (χ3v) is 1.69. The predicted octanol–water partition coefficient (Wildman–Crippen LogP) is 0.634. The maximum absolute atomic E-state index is 11.2. The van der Waals surface area contributed by atoms with Crippen LogP contribution in [-0.4, -0.2) is 30.0 Å². The molecule has 0 atom stereocenters. The first kappa shape index (κ1) is 10.5. The number of hydrogen-bond acceptors (Lipinski definition) is 3. The zero-order valence-corrected chi connectivity index (χ0v) is 8.32. The summed E-state index contributed by atoms with van der Waals surface area (Å²) in [4.78, 5) is 16.7. The van der Waals surface area contributed by atoms with Gasteiger partial charge in [0.25, 0.3) is 0 Å². The molecular formula is C9H14N4O. The maximum Gasteiger partial charge on any atom is 0.321 e. The number of aromatic nitrogens is 1. The molecule has 0 fully saturated rings. The van der Waals surface area contributed by atoms with Crippen LogP contribution in [0.1, 0.15) is 5.69 Å². The molecular weight excluding hydrogens is 180 g/mol. The Labute approximate surface area is 82.9 Å². The second-order valence-electron chi connectivity index (χ2n) is 3.07. The summed E-state index contributed by atoms with van der Waals surface area (Å²) in [6.07, 6.45) is 1.59. The lowest BCUT2D eigenvalue weighted by molar-refractivity contribution is 0.230. The van der Waals surface area contributed by atoms with Crippen molar-refractivity contribution in [3.63, 3.8) is 0 Å². The Morgan fingerprint density at radius 2 is 2.29 bits per heavy atom. The van der Waals surface area contributed by atoms with Crippen LogP contribution < -0.4 is 11.1 Å². The summed E-state index contributed by atoms with van der Waals surface area (Å²) in [6.45, 7) is 0.405. The van der Waals surface area contributed by atoms with Crippen molar-refractivity contribution >= 4 is 11.7 Å². The summed E-state index contributed by atoms with van der Waals surface area (Å²) in [7, 11) is 3.36. The standard InChI is InChI=1S/C9H14N4O/c1-13(2)9(14)12-8-4-3-7(5-10)11-6-8/h3-4,6H,5,10H2,1-2H3,(H,12,14). The molecule has 1 aromatic heterocycles. The topological polar surface area (TPSA) is 71.2 Å². The summed E-state index contributed by atoms with van der Waals surface area (Å²) in [5.74, 6) is 0. The van der Waals surface area contributed by atoms with Gasteiger partial charge in [-0.05, 0) is 12.1 Å². The van der Waals surface area contributed by atoms with Crippen LogP contribution in [0.5, 0.6) is 0 Å². The molecule has 1 heterocycles. The van der Waals surface area contributed by atoms with E-state index in [2.05, 4.69) is 10.3 Å². The van der Waals surface area contributed by atoms with E-state index in [1.807, 2.05) is 0 Å². The summed E-state index contributed by atoms with van der Waals surface area (Å²) in [5.41, 5.74) is 6.86. The highest BCUT2D eigenvalue weighted by Crippen LogP contribution is 2.06. The third-order valence-electron chi connectivity index (χ3n) is 1.69. The van der Waals surface area contributed by atoms with E-state index in [4.69, 9.17) is 5.73 Å². The van der Waals surface area contributed by atoms with Crippen LogP contribution in [0.15, 0.2) is 18.3 Å². The molecule has 2 amide bonds. The fourth-order valence-corrected chi connectivity index (χ4v) is 0.854. The van der Waals surface area contributed by atoms with Gasteiger partial charge in [0.15, 0.2) is 0 Å². The Hall–Kier alpha value is -1.62. The average molecular weight is 194 g/mol. The first-order chi connectivity index (χ1) is 6.63. The van der Waals surface area contributed by atoms with Gasteiger partial charge in [0.05, 0.1) is 17.6 Å². The minimum absolute atomic E-state index is 0.174. The summed E-state index contributed by atoms with van der Waals surface area (Å²) in [5, 5.41) is 2.68. The van der Waals surface area contributed by atoms with Gasteiger partial charge in [-0.15, -0.1) is 0 Å². The Kier molecular flexibility index (Phi) is 3.41. The molecule has 5 nitrogen and oxygen atoms in total. The normalized spacial score (nSPS) is 9.64. The van der Waals surface area contributed by atoms with Crippen LogP contribution in [-0.2, 0) is 6.54 Å². The lowest BCUT2D eigenvalue weighted by Crippen LogP contribution is -2.27. The number of urea groups is 1. The Morgan fingerprint density at radius 3 is 2.71 bits per heavy atom. The Bertz CT molecular complexity index is 307. The quantitative estimate of drug-likeness (QED) is 0.725. The van der Waals surface area contributed by atoms with E-state index in [9.17, 15) is 4.79 Å². The highest BCUT2D eigenvalue weighted by molar-refractivity contribution is 5.88. The van der Waals surface area contributed by atoms with Gasteiger partial charge in [0, 0.05) is 20.6 Å². The van der Waals surface area contributed by atoms with Crippen LogP contribution in [0.4, 0.5) is 10.5 Å². The minimum Gasteiger partial charge on any atom is -0.331 e. The molecule has 1 rings (SSSR count). The summed E-state index contributed by atoms with van der Waals surface area (Å²) >= 11 is 0. The van der Waals surface area contributed by atoms with Crippen molar-refractivity contribution < 1.29 is 4.79 Å². The number of nitrogens with two attached hydrogens (primary N) is 1. The highest BCUT2D eigenvalue weighted by Gasteiger charge is 2.03. The van der Waals surface area contributed by atoms with Gasteiger partial charge < -0.3 is 16.0 Å². The number of pyridine rings is 1. The lowest BCUT2D eigenvalue weighted by Gasteiger charge is -2.11. The monoisotopic (exact) mass is 194 g/mol. The number of rotatable bonds is 2. The SMILES string of the molecule is CN(C)C(=O)Nc1ccc(CN)nc1. The van der Waals surface area contributed by atoms with Crippen molar-refractivity contribution in [1.29, 1.82) is 0 Å². The van der Waals surface area contributed by atoms with Gasteiger partial charge in [-0.3, -0.25) is 4.98 Å². The zero-order valence-electron chi connectivity index (χ0n) is 8.32. The van der Waals surface area contributed by atoms with Crippen molar-refractivity contribution in [3.05, 3.63) is 24.0 Å². The first-order valence-corrected chi connectivity index (χ1v) is 4.27. The molecule has 76 valence electrons. The molecule has 0 radical (unpaired) electrons. The first-order valence-electron chi connectivity index (χ1n) is 4.27. The van der Waals surface area contributed by atoms with Crippen LogP contribution in [0.3, 0.4) is 0 Å². The molecule has 5 heteroatoms. The molecule has 1 aromatic rings. The predicted molar refractivity (Wildman–Crippen MR) is 54.8 cm³/mol. The molecule has 0 bridgehead atoms. The van der Waals surface area contributed by atoms with Gasteiger partial charge in [-0.1, -0.05) is 0 Å². The molecule has 0 unspecified atom stereocenters. The number of carbonyl (C=O) groups is 1. The molecule has 0 aliphatic rings. The van der Waals surface area contributed by atoms with Gasteiger partial charge in [-0.2, -0.15) is 0 Å². The molecule has 0 spiro atoms. The molecule has 0 aliphatic heterocycles. The van der Waals surface area contributed by atoms with Crippen LogP contribution in [0.2, 0.25) is 0 Å². The van der Waals surface area contributed by atoms with E-state index in [0.29, 0.717) is 12.2 Å². The van der Waals surface area contributed by atoms with Gasteiger partial charge in [-0.25, -0.2) is 4.79 Å². The van der Waals surface area contributed by atoms with E-state index >= 15 is 0 Å². The summed E-state index contributed by atoms with van der Waals surface area (Å²) < 4.78 is 0. The number of nitrogens with one attached hydrogen (secondary N) is 1. The maximum atomic E-state index is 11.2. The van der Waals surface area contributed by atoms with E-state index in [-0.39, 0.29) is 6.03 Å². The van der Waals surface area contributed by atoms with Crippen molar-refractivity contribution in [2.45, 2.75) is 6.54 Å². The molecule has 14 heavy (non-hydrogen) atoms. The Morgan fingerprint density at radius 1 is 1.57 bits per heavy atom.